The number of amides is 4. The second-order valence-electron chi connectivity index (χ2n) is 7.53. The predicted molar refractivity (Wildman–Crippen MR) is 130 cm³/mol. The van der Waals surface area contributed by atoms with Gasteiger partial charge in [0.25, 0.3) is 11.8 Å². The van der Waals surface area contributed by atoms with Crippen LogP contribution in [0, 0.1) is 5.82 Å². The third-order valence-corrected chi connectivity index (χ3v) is 5.69. The van der Waals surface area contributed by atoms with E-state index in [1.807, 2.05) is 19.1 Å². The van der Waals surface area contributed by atoms with Crippen LogP contribution in [0.25, 0.3) is 6.08 Å². The van der Waals surface area contributed by atoms with Gasteiger partial charge in [0.05, 0.1) is 12.3 Å². The molecule has 172 valence electrons. The number of nitrogens with zero attached hydrogens (tertiary/aromatic N) is 1. The molecular weight excluding hydrogens is 503 g/mol. The van der Waals surface area contributed by atoms with Crippen LogP contribution >= 0.6 is 15.9 Å². The van der Waals surface area contributed by atoms with Crippen molar-refractivity contribution in [2.24, 2.45) is 0 Å². The highest BCUT2D eigenvalue weighted by molar-refractivity contribution is 9.10. The Kier molecular flexibility index (Phi) is 6.88. The first-order valence-corrected chi connectivity index (χ1v) is 11.3. The number of rotatable bonds is 6. The van der Waals surface area contributed by atoms with Crippen molar-refractivity contribution < 1.29 is 23.5 Å². The number of hydrogen-bond acceptors (Lipinski definition) is 4. The van der Waals surface area contributed by atoms with Gasteiger partial charge in [-0.15, -0.1) is 0 Å². The molecule has 0 radical (unpaired) electrons. The van der Waals surface area contributed by atoms with E-state index in [-0.39, 0.29) is 11.4 Å². The van der Waals surface area contributed by atoms with Crippen molar-refractivity contribution in [2.75, 3.05) is 11.5 Å². The average molecular weight is 523 g/mol. The van der Waals surface area contributed by atoms with Gasteiger partial charge in [-0.3, -0.25) is 14.9 Å². The normalized spacial score (nSPS) is 15.0. The Morgan fingerprint density at radius 3 is 2.50 bits per heavy atom. The van der Waals surface area contributed by atoms with Gasteiger partial charge < -0.3 is 4.74 Å². The van der Waals surface area contributed by atoms with E-state index in [1.54, 1.807) is 42.5 Å². The number of nitrogens with one attached hydrogen (secondary N) is 1. The minimum atomic E-state index is -0.828. The molecule has 4 amide bonds. The topological polar surface area (TPSA) is 75.7 Å². The lowest BCUT2D eigenvalue weighted by molar-refractivity contribution is -0.122. The number of halogens is 2. The quantitative estimate of drug-likeness (QED) is 0.354. The highest BCUT2D eigenvalue weighted by Gasteiger charge is 2.37. The molecule has 0 aromatic heterocycles. The Bertz CT molecular complexity index is 1300. The summed E-state index contributed by atoms with van der Waals surface area (Å²) in [6.45, 7) is 2.33. The van der Waals surface area contributed by atoms with Gasteiger partial charge in [0, 0.05) is 4.47 Å². The molecule has 8 heteroatoms. The number of hydrogen-bond donors (Lipinski definition) is 1. The molecule has 1 aliphatic rings. The highest BCUT2D eigenvalue weighted by Crippen LogP contribution is 2.27. The van der Waals surface area contributed by atoms with Crippen molar-refractivity contribution in [1.29, 1.82) is 0 Å². The Morgan fingerprint density at radius 1 is 1.03 bits per heavy atom. The van der Waals surface area contributed by atoms with Crippen LogP contribution in [-0.2, 0) is 16.0 Å². The van der Waals surface area contributed by atoms with Crippen LogP contribution in [0.15, 0.2) is 76.8 Å². The van der Waals surface area contributed by atoms with Gasteiger partial charge in [-0.25, -0.2) is 14.1 Å². The number of urea groups is 1. The monoisotopic (exact) mass is 522 g/mol. The fourth-order valence-electron chi connectivity index (χ4n) is 3.63. The third-order valence-electron chi connectivity index (χ3n) is 5.20. The molecule has 3 aromatic rings. The fraction of sp³-hybridized carbons (Fsp3) is 0.115. The van der Waals surface area contributed by atoms with Crippen molar-refractivity contribution in [1.82, 2.24) is 5.32 Å². The van der Waals surface area contributed by atoms with Crippen LogP contribution in [0.2, 0.25) is 0 Å². The SMILES string of the molecule is CCOc1ccc(N2C(=O)NC(=O)/C(=C\c3cc(Br)ccc3Cc3cccc(F)c3)C2=O)cc1. The van der Waals surface area contributed by atoms with Gasteiger partial charge in [0.2, 0.25) is 0 Å². The van der Waals surface area contributed by atoms with E-state index in [0.29, 0.717) is 30.0 Å². The van der Waals surface area contributed by atoms with E-state index in [0.717, 1.165) is 20.5 Å². The molecule has 0 atom stereocenters. The molecule has 1 saturated heterocycles. The largest absolute Gasteiger partial charge is 0.494 e. The van der Waals surface area contributed by atoms with Crippen LogP contribution in [0.4, 0.5) is 14.9 Å². The molecule has 0 spiro atoms. The molecule has 0 bridgehead atoms. The third kappa shape index (κ3) is 5.07. The summed E-state index contributed by atoms with van der Waals surface area (Å²) >= 11 is 3.41. The number of carbonyl (C=O) groups excluding carboxylic acids is 3. The molecule has 1 heterocycles. The summed E-state index contributed by atoms with van der Waals surface area (Å²) in [5.74, 6) is -1.27. The lowest BCUT2D eigenvalue weighted by atomic mass is 9.97. The van der Waals surface area contributed by atoms with E-state index in [2.05, 4.69) is 21.2 Å². The van der Waals surface area contributed by atoms with Crippen LogP contribution in [-0.4, -0.2) is 24.5 Å². The Balaban J connectivity index is 1.70. The lowest BCUT2D eigenvalue weighted by Crippen LogP contribution is -2.54. The zero-order valence-electron chi connectivity index (χ0n) is 18.2. The molecule has 0 aliphatic carbocycles. The number of imide groups is 2. The standard InChI is InChI=1S/C26H20BrFN2O4/c1-2-34-22-10-8-21(9-11-22)30-25(32)23(24(31)29-26(30)33)15-18-14-19(27)7-6-17(18)12-16-4-3-5-20(28)13-16/h3-11,13-15H,2,12H2,1H3,(H,29,31,33)/b23-15+. The Morgan fingerprint density at radius 2 is 1.79 bits per heavy atom. The Labute approximate surface area is 204 Å². The van der Waals surface area contributed by atoms with Gasteiger partial charge in [-0.05, 0) is 84.6 Å². The number of benzene rings is 3. The summed E-state index contributed by atoms with van der Waals surface area (Å²) < 4.78 is 19.8. The summed E-state index contributed by atoms with van der Waals surface area (Å²) in [5, 5.41) is 2.23. The van der Waals surface area contributed by atoms with Crippen LogP contribution in [0.5, 0.6) is 5.75 Å². The van der Waals surface area contributed by atoms with Gasteiger partial charge in [0.1, 0.15) is 17.1 Å². The molecule has 0 saturated carbocycles. The van der Waals surface area contributed by atoms with E-state index in [1.165, 1.54) is 18.2 Å². The van der Waals surface area contributed by atoms with E-state index < -0.39 is 17.8 Å². The number of anilines is 1. The summed E-state index contributed by atoms with van der Waals surface area (Å²) in [5.41, 5.74) is 2.24. The molecule has 6 nitrogen and oxygen atoms in total. The van der Waals surface area contributed by atoms with Gasteiger partial charge in [0.15, 0.2) is 0 Å². The zero-order chi connectivity index (χ0) is 24.2. The fourth-order valence-corrected chi connectivity index (χ4v) is 4.01. The zero-order valence-corrected chi connectivity index (χ0v) is 19.8. The number of ether oxygens (including phenoxy) is 1. The molecule has 1 aliphatic heterocycles. The average Bonchev–Trinajstić information content (AvgIpc) is 2.79. The lowest BCUT2D eigenvalue weighted by Gasteiger charge is -2.26. The maximum absolute atomic E-state index is 13.7. The van der Waals surface area contributed by atoms with Crippen molar-refractivity contribution in [3.63, 3.8) is 0 Å². The van der Waals surface area contributed by atoms with Crippen molar-refractivity contribution in [2.45, 2.75) is 13.3 Å². The van der Waals surface area contributed by atoms with Crippen molar-refractivity contribution in [3.05, 3.63) is 99.3 Å². The van der Waals surface area contributed by atoms with E-state index in [4.69, 9.17) is 4.74 Å². The van der Waals surface area contributed by atoms with E-state index >= 15 is 0 Å². The molecular formula is C26H20BrFN2O4. The highest BCUT2D eigenvalue weighted by atomic mass is 79.9. The number of carbonyl (C=O) groups is 3. The smallest absolute Gasteiger partial charge is 0.335 e. The summed E-state index contributed by atoms with van der Waals surface area (Å²) in [6.07, 6.45) is 1.84. The van der Waals surface area contributed by atoms with E-state index in [9.17, 15) is 18.8 Å². The Hall–Kier alpha value is -3.78. The second kappa shape index (κ2) is 10.0. The molecule has 1 fully saturated rings. The molecule has 4 rings (SSSR count). The minimum absolute atomic E-state index is 0.188. The summed E-state index contributed by atoms with van der Waals surface area (Å²) in [7, 11) is 0. The molecule has 1 N–H and O–H groups in total. The first-order valence-electron chi connectivity index (χ1n) is 10.5. The van der Waals surface area contributed by atoms with Gasteiger partial charge in [-0.2, -0.15) is 0 Å². The van der Waals surface area contributed by atoms with Gasteiger partial charge >= 0.3 is 6.03 Å². The van der Waals surface area contributed by atoms with Crippen molar-refractivity contribution in [3.8, 4) is 5.75 Å². The van der Waals surface area contributed by atoms with Crippen LogP contribution in [0.3, 0.4) is 0 Å². The predicted octanol–water partition coefficient (Wildman–Crippen LogP) is 5.24. The number of barbiturate groups is 1. The maximum Gasteiger partial charge on any atom is 0.335 e. The maximum atomic E-state index is 13.7. The summed E-state index contributed by atoms with van der Waals surface area (Å²) in [6, 6.07) is 17.3. The van der Waals surface area contributed by atoms with Crippen LogP contribution in [0.1, 0.15) is 23.6 Å². The van der Waals surface area contributed by atoms with Crippen molar-refractivity contribution >= 4 is 45.5 Å². The first-order chi connectivity index (χ1) is 16.4. The minimum Gasteiger partial charge on any atom is -0.494 e. The summed E-state index contributed by atoms with van der Waals surface area (Å²) in [4.78, 5) is 39.3. The second-order valence-corrected chi connectivity index (χ2v) is 8.45. The molecule has 34 heavy (non-hydrogen) atoms. The van der Waals surface area contributed by atoms with Gasteiger partial charge in [-0.1, -0.05) is 34.1 Å². The van der Waals surface area contributed by atoms with Crippen LogP contribution < -0.4 is 15.0 Å². The first kappa shape index (κ1) is 23.4. The molecule has 0 unspecified atom stereocenters. The molecule has 3 aromatic carbocycles.